The summed E-state index contributed by atoms with van der Waals surface area (Å²) in [6, 6.07) is 14.2. The van der Waals surface area contributed by atoms with Crippen LogP contribution in [0.2, 0.25) is 0 Å². The lowest BCUT2D eigenvalue weighted by atomic mass is 9.93. The molecular formula is C27H29N5O5. The summed E-state index contributed by atoms with van der Waals surface area (Å²) in [5.74, 6) is -0.633. The maximum atomic E-state index is 13.6. The molecule has 2 heterocycles. The molecule has 0 saturated carbocycles. The first-order chi connectivity index (χ1) is 17.8. The summed E-state index contributed by atoms with van der Waals surface area (Å²) in [6.07, 6.45) is 2.34. The van der Waals surface area contributed by atoms with Gasteiger partial charge in [0.25, 0.3) is 5.91 Å². The van der Waals surface area contributed by atoms with Crippen LogP contribution in [0.3, 0.4) is 0 Å². The van der Waals surface area contributed by atoms with Crippen molar-refractivity contribution in [1.29, 1.82) is 0 Å². The van der Waals surface area contributed by atoms with Crippen LogP contribution in [0.15, 0.2) is 54.6 Å². The zero-order chi connectivity index (χ0) is 26.2. The second kappa shape index (κ2) is 9.70. The van der Waals surface area contributed by atoms with Crippen molar-refractivity contribution in [1.82, 2.24) is 20.4 Å². The van der Waals surface area contributed by atoms with E-state index in [2.05, 4.69) is 16.0 Å². The molecule has 37 heavy (non-hydrogen) atoms. The number of benzene rings is 2. The first-order valence-corrected chi connectivity index (χ1v) is 12.2. The minimum atomic E-state index is -1.62. The molecule has 2 fully saturated rings. The van der Waals surface area contributed by atoms with E-state index in [9.17, 15) is 19.2 Å². The molecule has 2 aromatic rings. The smallest absolute Gasteiger partial charge is 0.418 e. The maximum Gasteiger partial charge on any atom is 0.418 e. The Bertz CT molecular complexity index is 1280. The minimum absolute atomic E-state index is 0.0741. The lowest BCUT2D eigenvalue weighted by molar-refractivity contribution is -0.142. The molecule has 0 aromatic heterocycles. The number of urea groups is 1. The van der Waals surface area contributed by atoms with Crippen LogP contribution >= 0.6 is 0 Å². The molecular weight excluding hydrogens is 474 g/mol. The first kappa shape index (κ1) is 24.5. The molecule has 10 heteroatoms. The van der Waals surface area contributed by atoms with Crippen LogP contribution in [0, 0.1) is 5.92 Å². The number of carbonyl (C=O) groups excluding carboxylic acids is 4. The van der Waals surface area contributed by atoms with Gasteiger partial charge >= 0.3 is 12.1 Å². The molecule has 10 nitrogen and oxygen atoms in total. The van der Waals surface area contributed by atoms with E-state index >= 15 is 0 Å². The van der Waals surface area contributed by atoms with E-state index in [4.69, 9.17) is 4.74 Å². The number of anilines is 1. The molecule has 3 aliphatic rings. The first-order valence-electron chi connectivity index (χ1n) is 12.2. The standard InChI is InChI=1S/C27H29N5O5/c1-17(20-13-29-14-20)31(15-18-6-4-3-5-7-18)23(33)16-32-24(34)27(37-26(32)36)11-10-19-12-21(8-9-22(19)27)30-25(35)28-2/h3-12,17,20,29H,13-16H2,1-2H3,(H2,28,30,35). The Morgan fingerprint density at radius 2 is 1.95 bits per heavy atom. The number of ether oxygens (including phenoxy) is 1. The van der Waals surface area contributed by atoms with Crippen LogP contribution in [0.4, 0.5) is 15.3 Å². The molecule has 5 amide bonds. The zero-order valence-corrected chi connectivity index (χ0v) is 20.7. The van der Waals surface area contributed by atoms with Gasteiger partial charge in [0.2, 0.25) is 11.5 Å². The number of amides is 5. The highest BCUT2D eigenvalue weighted by molar-refractivity contribution is 6.09. The fourth-order valence-corrected chi connectivity index (χ4v) is 4.91. The van der Waals surface area contributed by atoms with Crippen molar-refractivity contribution in [2.24, 2.45) is 5.92 Å². The molecule has 2 atom stereocenters. The van der Waals surface area contributed by atoms with Crippen molar-refractivity contribution < 1.29 is 23.9 Å². The molecule has 5 rings (SSSR count). The Kier molecular flexibility index (Phi) is 6.43. The van der Waals surface area contributed by atoms with Crippen molar-refractivity contribution in [3.05, 3.63) is 71.3 Å². The van der Waals surface area contributed by atoms with Crippen molar-refractivity contribution in [2.45, 2.75) is 25.1 Å². The van der Waals surface area contributed by atoms with E-state index < -0.39 is 24.1 Å². The SMILES string of the molecule is CNC(=O)Nc1ccc2c(c1)C=CC21OC(=O)N(CC(=O)N(Cc2ccccc2)C(C)C2CNC2)C1=O. The van der Waals surface area contributed by atoms with Gasteiger partial charge in [-0.25, -0.2) is 14.5 Å². The number of carbonyl (C=O) groups is 4. The summed E-state index contributed by atoms with van der Waals surface area (Å²) in [5, 5.41) is 8.39. The summed E-state index contributed by atoms with van der Waals surface area (Å²) >= 11 is 0. The summed E-state index contributed by atoms with van der Waals surface area (Å²) in [5.41, 5.74) is 1.00. The topological polar surface area (TPSA) is 120 Å². The molecule has 2 aliphatic heterocycles. The third-order valence-corrected chi connectivity index (χ3v) is 7.26. The molecule has 0 bridgehead atoms. The van der Waals surface area contributed by atoms with Crippen molar-refractivity contribution in [3.63, 3.8) is 0 Å². The van der Waals surface area contributed by atoms with Gasteiger partial charge in [-0.15, -0.1) is 0 Å². The minimum Gasteiger partial charge on any atom is -0.423 e. The van der Waals surface area contributed by atoms with Crippen LogP contribution in [0.1, 0.15) is 23.6 Å². The normalized spacial score (nSPS) is 20.9. The van der Waals surface area contributed by atoms with Gasteiger partial charge in [0, 0.05) is 49.9 Å². The van der Waals surface area contributed by atoms with Gasteiger partial charge in [-0.1, -0.05) is 42.5 Å². The molecule has 1 aliphatic carbocycles. The average molecular weight is 504 g/mol. The molecule has 0 radical (unpaired) electrons. The number of rotatable bonds is 7. The highest BCUT2D eigenvalue weighted by atomic mass is 16.6. The average Bonchev–Trinajstić information content (AvgIpc) is 3.33. The summed E-state index contributed by atoms with van der Waals surface area (Å²) in [6.45, 7) is 3.59. The van der Waals surface area contributed by atoms with Gasteiger partial charge in [0.15, 0.2) is 0 Å². The monoisotopic (exact) mass is 503 g/mol. The fraction of sp³-hybridized carbons (Fsp3) is 0.333. The Labute approximate surface area is 214 Å². The number of hydrogen-bond acceptors (Lipinski definition) is 6. The predicted octanol–water partition coefficient (Wildman–Crippen LogP) is 2.28. The largest absolute Gasteiger partial charge is 0.423 e. The second-order valence-corrected chi connectivity index (χ2v) is 9.50. The van der Waals surface area contributed by atoms with Crippen LogP contribution in [0.5, 0.6) is 0 Å². The highest BCUT2D eigenvalue weighted by Gasteiger charge is 2.56. The van der Waals surface area contributed by atoms with E-state index in [0.29, 0.717) is 29.3 Å². The Hall–Kier alpha value is -4.18. The molecule has 3 N–H and O–H groups in total. The fourth-order valence-electron chi connectivity index (χ4n) is 4.91. The van der Waals surface area contributed by atoms with Crippen LogP contribution in [-0.2, 0) is 26.5 Å². The Morgan fingerprint density at radius 1 is 1.19 bits per heavy atom. The molecule has 2 saturated heterocycles. The van der Waals surface area contributed by atoms with E-state index in [1.807, 2.05) is 37.3 Å². The number of nitrogens with one attached hydrogen (secondary N) is 3. The molecule has 1 spiro atoms. The van der Waals surface area contributed by atoms with Gasteiger partial charge in [0.1, 0.15) is 6.54 Å². The van der Waals surface area contributed by atoms with E-state index in [1.54, 1.807) is 29.2 Å². The van der Waals surface area contributed by atoms with Crippen LogP contribution < -0.4 is 16.0 Å². The Balaban J connectivity index is 1.35. The maximum absolute atomic E-state index is 13.6. The molecule has 2 aromatic carbocycles. The molecule has 2 unspecified atom stereocenters. The third kappa shape index (κ3) is 4.44. The summed E-state index contributed by atoms with van der Waals surface area (Å²) < 4.78 is 5.61. The lowest BCUT2D eigenvalue weighted by Gasteiger charge is -2.40. The Morgan fingerprint density at radius 3 is 2.62 bits per heavy atom. The number of fused-ring (bicyclic) bond motifs is 2. The summed E-state index contributed by atoms with van der Waals surface area (Å²) in [7, 11) is 1.51. The van der Waals surface area contributed by atoms with Gasteiger partial charge < -0.3 is 25.6 Å². The predicted molar refractivity (Wildman–Crippen MR) is 136 cm³/mol. The second-order valence-electron chi connectivity index (χ2n) is 9.50. The van der Waals surface area contributed by atoms with E-state index in [0.717, 1.165) is 23.6 Å². The summed E-state index contributed by atoms with van der Waals surface area (Å²) in [4.78, 5) is 54.3. The third-order valence-electron chi connectivity index (χ3n) is 7.26. The van der Waals surface area contributed by atoms with Crippen LogP contribution in [-0.4, -0.2) is 66.5 Å². The van der Waals surface area contributed by atoms with Crippen molar-refractivity contribution >= 4 is 35.7 Å². The van der Waals surface area contributed by atoms with Crippen LogP contribution in [0.25, 0.3) is 6.08 Å². The lowest BCUT2D eigenvalue weighted by Crippen LogP contribution is -2.56. The van der Waals surface area contributed by atoms with Gasteiger partial charge in [-0.3, -0.25) is 9.59 Å². The molecule has 192 valence electrons. The van der Waals surface area contributed by atoms with Crippen molar-refractivity contribution in [3.8, 4) is 0 Å². The number of hydrogen-bond donors (Lipinski definition) is 3. The number of imide groups is 1. The zero-order valence-electron chi connectivity index (χ0n) is 20.7. The quantitative estimate of drug-likeness (QED) is 0.533. The highest BCUT2D eigenvalue weighted by Crippen LogP contribution is 2.43. The number of nitrogens with zero attached hydrogens (tertiary/aromatic N) is 2. The van der Waals surface area contributed by atoms with Gasteiger partial charge in [-0.2, -0.15) is 0 Å². The van der Waals surface area contributed by atoms with E-state index in [-0.39, 0.29) is 18.0 Å². The van der Waals surface area contributed by atoms with Crippen molar-refractivity contribution in [2.75, 3.05) is 32.0 Å². The van der Waals surface area contributed by atoms with E-state index in [1.165, 1.54) is 13.1 Å². The van der Waals surface area contributed by atoms with Gasteiger partial charge in [-0.05, 0) is 36.3 Å². The van der Waals surface area contributed by atoms with Gasteiger partial charge in [0.05, 0.1) is 0 Å².